The first-order valence-corrected chi connectivity index (χ1v) is 8.70. The third-order valence-electron chi connectivity index (χ3n) is 5.27. The Hall–Kier alpha value is -2.62. The standard InChI is InChI=1S/C21H22N2O2/c1-13-4-6-15(7-5-13)21-19-10-8-16-12-17(25-3)9-11-18(16)20(19)22-23(21)14(2)24/h4-7,9,11-12,19,21H,8,10H2,1-3H3/t19-,21-/m0/s1. The van der Waals surface area contributed by atoms with Crippen LogP contribution in [-0.4, -0.2) is 23.7 Å². The van der Waals surface area contributed by atoms with Gasteiger partial charge in [-0.1, -0.05) is 29.8 Å². The molecule has 1 aliphatic carbocycles. The molecule has 1 amide bonds. The number of hydrazone groups is 1. The maximum Gasteiger partial charge on any atom is 0.240 e. The topological polar surface area (TPSA) is 41.9 Å². The van der Waals surface area contributed by atoms with Crippen LogP contribution in [0.5, 0.6) is 5.75 Å². The van der Waals surface area contributed by atoms with Crippen LogP contribution < -0.4 is 4.74 Å². The number of carbonyl (C=O) groups is 1. The smallest absolute Gasteiger partial charge is 0.240 e. The fourth-order valence-electron chi connectivity index (χ4n) is 3.99. The average molecular weight is 334 g/mol. The van der Waals surface area contributed by atoms with Crippen LogP contribution in [-0.2, 0) is 11.2 Å². The van der Waals surface area contributed by atoms with Gasteiger partial charge in [-0.2, -0.15) is 5.10 Å². The Bertz CT molecular complexity index is 855. The quantitative estimate of drug-likeness (QED) is 0.836. The Morgan fingerprint density at radius 3 is 2.64 bits per heavy atom. The van der Waals surface area contributed by atoms with Crippen LogP contribution in [0.2, 0.25) is 0 Å². The van der Waals surface area contributed by atoms with Gasteiger partial charge in [0.1, 0.15) is 5.75 Å². The number of carbonyl (C=O) groups excluding carboxylic acids is 1. The fourth-order valence-corrected chi connectivity index (χ4v) is 3.99. The second-order valence-electron chi connectivity index (χ2n) is 6.87. The van der Waals surface area contributed by atoms with Crippen molar-refractivity contribution in [2.45, 2.75) is 32.7 Å². The third kappa shape index (κ3) is 2.62. The molecule has 0 saturated carbocycles. The van der Waals surface area contributed by atoms with Crippen LogP contribution in [0, 0.1) is 12.8 Å². The first-order chi connectivity index (χ1) is 12.1. The second kappa shape index (κ2) is 6.03. The Balaban J connectivity index is 1.78. The van der Waals surface area contributed by atoms with E-state index in [9.17, 15) is 4.79 Å². The minimum atomic E-state index is -0.0115. The van der Waals surface area contributed by atoms with Crippen LogP contribution >= 0.6 is 0 Å². The molecule has 0 N–H and O–H groups in total. The van der Waals surface area contributed by atoms with E-state index >= 15 is 0 Å². The summed E-state index contributed by atoms with van der Waals surface area (Å²) in [7, 11) is 1.69. The van der Waals surface area contributed by atoms with Gasteiger partial charge >= 0.3 is 0 Å². The van der Waals surface area contributed by atoms with E-state index in [-0.39, 0.29) is 17.9 Å². The Kier molecular flexibility index (Phi) is 3.83. The largest absolute Gasteiger partial charge is 0.497 e. The Morgan fingerprint density at radius 2 is 1.96 bits per heavy atom. The number of fused-ring (bicyclic) bond motifs is 3. The fraction of sp³-hybridized carbons (Fsp3) is 0.333. The highest BCUT2D eigenvalue weighted by molar-refractivity contribution is 6.06. The first-order valence-electron chi connectivity index (χ1n) is 8.70. The van der Waals surface area contributed by atoms with E-state index in [1.807, 2.05) is 6.07 Å². The lowest BCUT2D eigenvalue weighted by Gasteiger charge is -2.29. The predicted molar refractivity (Wildman–Crippen MR) is 97.8 cm³/mol. The van der Waals surface area contributed by atoms with Gasteiger partial charge in [0.2, 0.25) is 5.91 Å². The molecule has 2 aliphatic rings. The molecule has 0 unspecified atom stereocenters. The number of nitrogens with zero attached hydrogens (tertiary/aromatic N) is 2. The van der Waals surface area contributed by atoms with Crippen LogP contribution in [0.4, 0.5) is 0 Å². The van der Waals surface area contributed by atoms with Gasteiger partial charge in [-0.15, -0.1) is 0 Å². The van der Waals surface area contributed by atoms with E-state index in [4.69, 9.17) is 9.84 Å². The van der Waals surface area contributed by atoms with Crippen molar-refractivity contribution >= 4 is 11.6 Å². The molecule has 4 rings (SSSR count). The number of hydrogen-bond donors (Lipinski definition) is 0. The maximum absolute atomic E-state index is 12.3. The molecular weight excluding hydrogens is 312 g/mol. The van der Waals surface area contributed by atoms with Crippen molar-refractivity contribution in [1.29, 1.82) is 0 Å². The summed E-state index contributed by atoms with van der Waals surface area (Å²) in [6.07, 6.45) is 1.96. The maximum atomic E-state index is 12.3. The lowest BCUT2D eigenvalue weighted by molar-refractivity contribution is -0.131. The summed E-state index contributed by atoms with van der Waals surface area (Å²) in [4.78, 5) is 12.3. The molecule has 0 spiro atoms. The van der Waals surface area contributed by atoms with Crippen LogP contribution in [0.1, 0.15) is 41.6 Å². The molecule has 25 heavy (non-hydrogen) atoms. The van der Waals surface area contributed by atoms with E-state index < -0.39 is 0 Å². The van der Waals surface area contributed by atoms with Crippen LogP contribution in [0.25, 0.3) is 0 Å². The summed E-state index contributed by atoms with van der Waals surface area (Å²) in [5.74, 6) is 1.10. The van der Waals surface area contributed by atoms with Gasteiger partial charge in [-0.05, 0) is 49.1 Å². The second-order valence-corrected chi connectivity index (χ2v) is 6.87. The molecule has 1 aliphatic heterocycles. The molecule has 0 bridgehead atoms. The van der Waals surface area contributed by atoms with E-state index in [1.165, 1.54) is 11.1 Å². The van der Waals surface area contributed by atoms with Crippen molar-refractivity contribution in [1.82, 2.24) is 5.01 Å². The lowest BCUT2D eigenvalue weighted by atomic mass is 9.77. The summed E-state index contributed by atoms with van der Waals surface area (Å²) in [6, 6.07) is 14.6. The van der Waals surface area contributed by atoms with Crippen LogP contribution in [0.3, 0.4) is 0 Å². The zero-order valence-electron chi connectivity index (χ0n) is 14.8. The van der Waals surface area contributed by atoms with E-state index in [2.05, 4.69) is 43.3 Å². The van der Waals surface area contributed by atoms with Crippen molar-refractivity contribution in [3.05, 3.63) is 64.7 Å². The highest BCUT2D eigenvalue weighted by atomic mass is 16.5. The Morgan fingerprint density at radius 1 is 1.20 bits per heavy atom. The third-order valence-corrected chi connectivity index (χ3v) is 5.27. The zero-order chi connectivity index (χ0) is 17.6. The highest BCUT2D eigenvalue weighted by Gasteiger charge is 2.42. The number of benzene rings is 2. The molecule has 4 nitrogen and oxygen atoms in total. The normalized spacial score (nSPS) is 21.4. The molecule has 0 aromatic heterocycles. The number of rotatable bonds is 2. The van der Waals surface area contributed by atoms with E-state index in [0.29, 0.717) is 0 Å². The van der Waals surface area contributed by atoms with E-state index in [1.54, 1.807) is 19.0 Å². The number of hydrogen-bond acceptors (Lipinski definition) is 3. The first kappa shape index (κ1) is 15.9. The van der Waals surface area contributed by atoms with Crippen molar-refractivity contribution in [3.8, 4) is 5.75 Å². The molecule has 0 fully saturated rings. The lowest BCUT2D eigenvalue weighted by Crippen LogP contribution is -2.31. The number of amides is 1. The zero-order valence-corrected chi connectivity index (χ0v) is 14.8. The van der Waals surface area contributed by atoms with Gasteiger partial charge in [0.25, 0.3) is 0 Å². The number of ether oxygens (including phenoxy) is 1. The number of methoxy groups -OCH3 is 1. The van der Waals surface area contributed by atoms with Crippen molar-refractivity contribution in [2.24, 2.45) is 11.0 Å². The SMILES string of the molecule is COc1ccc2c(c1)CC[C@H]1C2=NN(C(C)=O)[C@H]1c1ccc(C)cc1. The minimum Gasteiger partial charge on any atom is -0.497 e. The summed E-state index contributed by atoms with van der Waals surface area (Å²) in [5.41, 5.74) is 5.81. The van der Waals surface area contributed by atoms with Crippen molar-refractivity contribution in [2.75, 3.05) is 7.11 Å². The molecule has 2 aromatic carbocycles. The van der Waals surface area contributed by atoms with Crippen molar-refractivity contribution in [3.63, 3.8) is 0 Å². The molecule has 128 valence electrons. The predicted octanol–water partition coefficient (Wildman–Crippen LogP) is 3.87. The monoisotopic (exact) mass is 334 g/mol. The summed E-state index contributed by atoms with van der Waals surface area (Å²) in [5, 5.41) is 6.42. The molecule has 0 saturated heterocycles. The molecule has 1 heterocycles. The summed E-state index contributed by atoms with van der Waals surface area (Å²) < 4.78 is 5.35. The van der Waals surface area contributed by atoms with Gasteiger partial charge in [0.05, 0.1) is 18.9 Å². The average Bonchev–Trinajstić information content (AvgIpc) is 3.02. The highest BCUT2D eigenvalue weighted by Crippen LogP contribution is 2.43. The van der Waals surface area contributed by atoms with Gasteiger partial charge in [-0.25, -0.2) is 5.01 Å². The van der Waals surface area contributed by atoms with Gasteiger partial charge < -0.3 is 4.74 Å². The van der Waals surface area contributed by atoms with Gasteiger partial charge in [-0.3, -0.25) is 4.79 Å². The van der Waals surface area contributed by atoms with Gasteiger partial charge in [0.15, 0.2) is 0 Å². The summed E-state index contributed by atoms with van der Waals surface area (Å²) in [6.45, 7) is 3.67. The van der Waals surface area contributed by atoms with Crippen LogP contribution in [0.15, 0.2) is 47.6 Å². The van der Waals surface area contributed by atoms with Gasteiger partial charge in [0, 0.05) is 18.4 Å². The molecule has 2 aromatic rings. The molecule has 4 heteroatoms. The van der Waals surface area contributed by atoms with Crippen molar-refractivity contribution < 1.29 is 9.53 Å². The molecule has 2 atom stereocenters. The number of aryl methyl sites for hydroxylation is 2. The molecule has 0 radical (unpaired) electrons. The Labute approximate surface area is 148 Å². The minimum absolute atomic E-state index is 0.0108. The van der Waals surface area contributed by atoms with E-state index in [0.717, 1.165) is 35.4 Å². The summed E-state index contributed by atoms with van der Waals surface area (Å²) >= 11 is 0. The molecular formula is C21H22N2O2.